The molecule has 0 unspecified atom stereocenters. The van der Waals surface area contributed by atoms with E-state index in [9.17, 15) is 15.0 Å². The number of nitrogens with one attached hydrogen (secondary N) is 1. The highest BCUT2D eigenvalue weighted by atomic mass is 16.5. The molecule has 1 aromatic heterocycles. The predicted molar refractivity (Wildman–Crippen MR) is 105 cm³/mol. The summed E-state index contributed by atoms with van der Waals surface area (Å²) in [6.07, 6.45) is 5.22. The minimum absolute atomic E-state index is 0.118. The lowest BCUT2D eigenvalue weighted by atomic mass is 10.0. The SMILES string of the molecule is CC1(C)C=Cc2c(ccc3cc(C(=O)N/N=C/c4ccc(O)c(O)c4)oc23)O1. The Bertz CT molecular complexity index is 1140. The molecule has 2 aromatic carbocycles. The number of phenolic OH excluding ortho intramolecular Hbond substituents is 2. The van der Waals surface area contributed by atoms with Gasteiger partial charge in [0.05, 0.1) is 11.8 Å². The van der Waals surface area contributed by atoms with Crippen molar-refractivity contribution in [3.63, 3.8) is 0 Å². The van der Waals surface area contributed by atoms with Crippen LogP contribution in [-0.4, -0.2) is 27.9 Å². The van der Waals surface area contributed by atoms with E-state index in [1.165, 1.54) is 18.3 Å². The highest BCUT2D eigenvalue weighted by Crippen LogP contribution is 2.37. The number of hydrazone groups is 1. The number of fused-ring (bicyclic) bond motifs is 3. The summed E-state index contributed by atoms with van der Waals surface area (Å²) in [6, 6.07) is 9.54. The molecule has 0 saturated heterocycles. The van der Waals surface area contributed by atoms with Gasteiger partial charge in [0.15, 0.2) is 17.3 Å². The second-order valence-electron chi connectivity index (χ2n) is 6.99. The molecule has 0 saturated carbocycles. The van der Waals surface area contributed by atoms with Gasteiger partial charge >= 0.3 is 5.91 Å². The third-order valence-electron chi connectivity index (χ3n) is 4.31. The monoisotopic (exact) mass is 378 g/mol. The summed E-state index contributed by atoms with van der Waals surface area (Å²) in [7, 11) is 0. The van der Waals surface area contributed by atoms with Crippen LogP contribution in [0.5, 0.6) is 17.2 Å². The number of amides is 1. The molecule has 1 aliphatic rings. The second kappa shape index (κ2) is 6.45. The Morgan fingerprint density at radius 3 is 2.75 bits per heavy atom. The van der Waals surface area contributed by atoms with E-state index in [0.29, 0.717) is 16.9 Å². The van der Waals surface area contributed by atoms with E-state index in [2.05, 4.69) is 10.5 Å². The number of rotatable bonds is 3. The van der Waals surface area contributed by atoms with Gasteiger partial charge in [-0.05, 0) is 68.0 Å². The van der Waals surface area contributed by atoms with Gasteiger partial charge in [0.2, 0.25) is 0 Å². The number of furan rings is 1. The van der Waals surface area contributed by atoms with Crippen molar-refractivity contribution in [1.82, 2.24) is 5.43 Å². The Kier molecular flexibility index (Phi) is 4.07. The fourth-order valence-electron chi connectivity index (χ4n) is 2.91. The van der Waals surface area contributed by atoms with Crippen molar-refractivity contribution < 1.29 is 24.2 Å². The quantitative estimate of drug-likeness (QED) is 0.365. The highest BCUT2D eigenvalue weighted by Gasteiger charge is 2.24. The lowest BCUT2D eigenvalue weighted by Gasteiger charge is -2.27. The van der Waals surface area contributed by atoms with Gasteiger partial charge in [-0.15, -0.1) is 0 Å². The summed E-state index contributed by atoms with van der Waals surface area (Å²) in [5, 5.41) is 23.4. The smallest absolute Gasteiger partial charge is 0.307 e. The first-order valence-corrected chi connectivity index (χ1v) is 8.63. The van der Waals surface area contributed by atoms with Crippen LogP contribution >= 0.6 is 0 Å². The molecule has 0 aliphatic carbocycles. The van der Waals surface area contributed by atoms with Gasteiger partial charge in [0.1, 0.15) is 16.9 Å². The van der Waals surface area contributed by atoms with Gasteiger partial charge in [0, 0.05) is 5.39 Å². The van der Waals surface area contributed by atoms with Crippen LogP contribution in [0.25, 0.3) is 17.0 Å². The second-order valence-corrected chi connectivity index (χ2v) is 6.99. The maximum Gasteiger partial charge on any atom is 0.307 e. The van der Waals surface area contributed by atoms with E-state index >= 15 is 0 Å². The van der Waals surface area contributed by atoms with Crippen molar-refractivity contribution in [1.29, 1.82) is 0 Å². The molecule has 28 heavy (non-hydrogen) atoms. The van der Waals surface area contributed by atoms with E-state index in [1.807, 2.05) is 38.1 Å². The van der Waals surface area contributed by atoms with Crippen molar-refractivity contribution in [2.75, 3.05) is 0 Å². The van der Waals surface area contributed by atoms with Gasteiger partial charge in [-0.2, -0.15) is 5.10 Å². The van der Waals surface area contributed by atoms with Gasteiger partial charge in [0.25, 0.3) is 0 Å². The zero-order valence-electron chi connectivity index (χ0n) is 15.3. The molecule has 3 aromatic rings. The molecular formula is C21H18N2O5. The minimum atomic E-state index is -0.509. The van der Waals surface area contributed by atoms with Crippen LogP contribution in [0, 0.1) is 0 Å². The van der Waals surface area contributed by atoms with Gasteiger partial charge in [-0.3, -0.25) is 4.79 Å². The fraction of sp³-hybridized carbons (Fsp3) is 0.143. The van der Waals surface area contributed by atoms with Crippen molar-refractivity contribution in [3.05, 3.63) is 59.4 Å². The van der Waals surface area contributed by atoms with E-state index in [4.69, 9.17) is 9.15 Å². The van der Waals surface area contributed by atoms with Crippen molar-refractivity contribution in [3.8, 4) is 17.2 Å². The lowest BCUT2D eigenvalue weighted by molar-refractivity contribution is 0.0929. The molecule has 0 radical (unpaired) electrons. The molecule has 1 amide bonds. The van der Waals surface area contributed by atoms with Crippen LogP contribution in [0.3, 0.4) is 0 Å². The normalized spacial score (nSPS) is 14.8. The molecule has 2 heterocycles. The molecule has 1 aliphatic heterocycles. The third-order valence-corrected chi connectivity index (χ3v) is 4.31. The standard InChI is InChI=1S/C21H18N2O5/c1-21(2)8-7-14-17(28-21)6-4-13-10-18(27-19(13)14)20(26)23-22-11-12-3-5-15(24)16(25)9-12/h3-11,24-25H,1-2H3,(H,23,26)/b22-11+. The first kappa shape index (κ1) is 17.7. The number of nitrogens with zero attached hydrogens (tertiary/aromatic N) is 1. The number of benzene rings is 2. The van der Waals surface area contributed by atoms with Crippen LogP contribution in [0.2, 0.25) is 0 Å². The summed E-state index contributed by atoms with van der Waals surface area (Å²) in [4.78, 5) is 12.3. The van der Waals surface area contributed by atoms with E-state index in [-0.39, 0.29) is 17.3 Å². The maximum atomic E-state index is 12.3. The number of carbonyl (C=O) groups excluding carboxylic acids is 1. The maximum absolute atomic E-state index is 12.3. The molecule has 142 valence electrons. The largest absolute Gasteiger partial charge is 0.504 e. The Hall–Kier alpha value is -3.74. The number of hydrogen-bond acceptors (Lipinski definition) is 6. The minimum Gasteiger partial charge on any atom is -0.504 e. The third kappa shape index (κ3) is 3.29. The first-order valence-electron chi connectivity index (χ1n) is 8.63. The summed E-state index contributed by atoms with van der Waals surface area (Å²) >= 11 is 0. The van der Waals surface area contributed by atoms with Gasteiger partial charge in [-0.25, -0.2) is 5.43 Å². The Morgan fingerprint density at radius 2 is 1.96 bits per heavy atom. The van der Waals surface area contributed by atoms with Crippen LogP contribution in [0.4, 0.5) is 0 Å². The summed E-state index contributed by atoms with van der Waals surface area (Å²) in [5.74, 6) is -0.187. The molecule has 0 bridgehead atoms. The van der Waals surface area contributed by atoms with Gasteiger partial charge < -0.3 is 19.4 Å². The van der Waals surface area contributed by atoms with E-state index in [1.54, 1.807) is 12.1 Å². The predicted octanol–water partition coefficient (Wildman–Crippen LogP) is 3.79. The summed E-state index contributed by atoms with van der Waals surface area (Å²) in [6.45, 7) is 3.92. The van der Waals surface area contributed by atoms with Crippen molar-refractivity contribution >= 4 is 29.2 Å². The zero-order chi connectivity index (χ0) is 19.9. The van der Waals surface area contributed by atoms with Crippen LogP contribution < -0.4 is 10.2 Å². The average Bonchev–Trinajstić information content (AvgIpc) is 3.08. The number of ether oxygens (including phenoxy) is 1. The summed E-state index contributed by atoms with van der Waals surface area (Å²) < 4.78 is 11.7. The number of aromatic hydroxyl groups is 2. The van der Waals surface area contributed by atoms with Crippen LogP contribution in [0.1, 0.15) is 35.5 Å². The fourth-order valence-corrected chi connectivity index (χ4v) is 2.91. The molecule has 7 nitrogen and oxygen atoms in total. The topological polar surface area (TPSA) is 104 Å². The summed E-state index contributed by atoms with van der Waals surface area (Å²) in [5.41, 5.74) is 3.86. The van der Waals surface area contributed by atoms with E-state index < -0.39 is 11.5 Å². The van der Waals surface area contributed by atoms with Gasteiger partial charge in [-0.1, -0.05) is 0 Å². The lowest BCUT2D eigenvalue weighted by Crippen LogP contribution is -2.27. The molecule has 3 N–H and O–H groups in total. The molecule has 0 spiro atoms. The molecule has 0 fully saturated rings. The first-order chi connectivity index (χ1) is 13.3. The molecule has 7 heteroatoms. The number of phenols is 2. The average molecular weight is 378 g/mol. The Morgan fingerprint density at radius 1 is 1.14 bits per heavy atom. The van der Waals surface area contributed by atoms with Crippen molar-refractivity contribution in [2.24, 2.45) is 5.10 Å². The molecule has 4 rings (SSSR count). The van der Waals surface area contributed by atoms with E-state index in [0.717, 1.165) is 10.9 Å². The number of hydrogen-bond donors (Lipinski definition) is 3. The Balaban J connectivity index is 1.55. The van der Waals surface area contributed by atoms with Crippen LogP contribution in [0.15, 0.2) is 52.0 Å². The van der Waals surface area contributed by atoms with Crippen molar-refractivity contribution in [2.45, 2.75) is 19.4 Å². The molecule has 0 atom stereocenters. The number of carbonyl (C=O) groups is 1. The molecular weight excluding hydrogens is 360 g/mol. The van der Waals surface area contributed by atoms with Crippen LogP contribution in [-0.2, 0) is 0 Å². The Labute approximate surface area is 160 Å². The zero-order valence-corrected chi connectivity index (χ0v) is 15.3. The highest BCUT2D eigenvalue weighted by molar-refractivity contribution is 5.99.